The van der Waals surface area contributed by atoms with Crippen molar-refractivity contribution in [2.24, 2.45) is 0 Å². The van der Waals surface area contributed by atoms with Crippen LogP contribution in [0.1, 0.15) is 72.9 Å². The molecule has 0 amide bonds. The second-order valence-electron chi connectivity index (χ2n) is 8.30. The highest BCUT2D eigenvalue weighted by atomic mass is 32.1. The largest absolute Gasteiger partial charge is 0.383 e. The molecule has 2 aliphatic rings. The smallest absolute Gasteiger partial charge is 0.170 e. The van der Waals surface area contributed by atoms with Gasteiger partial charge >= 0.3 is 0 Å². The number of pyridine rings is 1. The van der Waals surface area contributed by atoms with E-state index >= 15 is 0 Å². The number of hydrogen-bond acceptors (Lipinski definition) is 3. The summed E-state index contributed by atoms with van der Waals surface area (Å²) in [5.74, 6) is 0. The number of ether oxygens (including phenoxy) is 1. The summed E-state index contributed by atoms with van der Waals surface area (Å²) in [7, 11) is 1.74. The Morgan fingerprint density at radius 3 is 2.69 bits per heavy atom. The van der Waals surface area contributed by atoms with Crippen molar-refractivity contribution in [1.29, 1.82) is 0 Å². The minimum atomic E-state index is 0.0425. The number of hydrogen-bond donors (Lipinski definition) is 1. The molecule has 0 aromatic carbocycles. The fraction of sp³-hybridized carbons (Fsp3) is 0.565. The lowest BCUT2D eigenvalue weighted by molar-refractivity contribution is 0.164. The first-order chi connectivity index (χ1) is 14.1. The van der Waals surface area contributed by atoms with Crippen LogP contribution in [-0.2, 0) is 4.74 Å². The number of aryl methyl sites for hydroxylation is 1. The van der Waals surface area contributed by atoms with Gasteiger partial charge in [-0.05, 0) is 62.7 Å². The number of aromatic nitrogens is 2. The highest BCUT2D eigenvalue weighted by molar-refractivity contribution is 7.80. The van der Waals surface area contributed by atoms with Gasteiger partial charge in [-0.25, -0.2) is 0 Å². The first kappa shape index (κ1) is 20.4. The Morgan fingerprint density at radius 1 is 1.21 bits per heavy atom. The fourth-order valence-corrected chi connectivity index (χ4v) is 5.51. The number of nitrogens with zero attached hydrogens (tertiary/aromatic N) is 3. The zero-order valence-corrected chi connectivity index (χ0v) is 18.5. The van der Waals surface area contributed by atoms with Crippen molar-refractivity contribution < 1.29 is 4.74 Å². The third kappa shape index (κ3) is 3.92. The van der Waals surface area contributed by atoms with Crippen molar-refractivity contribution in [3.05, 3.63) is 53.1 Å². The molecule has 5 nitrogen and oxygen atoms in total. The molecule has 29 heavy (non-hydrogen) atoms. The lowest BCUT2D eigenvalue weighted by Crippen LogP contribution is -2.32. The Labute approximate surface area is 179 Å². The monoisotopic (exact) mass is 412 g/mol. The maximum atomic E-state index is 5.74. The van der Waals surface area contributed by atoms with Crippen LogP contribution in [-0.4, -0.2) is 39.8 Å². The van der Waals surface area contributed by atoms with Crippen molar-refractivity contribution >= 4 is 17.3 Å². The van der Waals surface area contributed by atoms with Gasteiger partial charge in [0.2, 0.25) is 0 Å². The summed E-state index contributed by atoms with van der Waals surface area (Å²) in [5, 5.41) is 4.33. The molecule has 0 radical (unpaired) electrons. The van der Waals surface area contributed by atoms with Crippen molar-refractivity contribution in [3.8, 4) is 0 Å². The third-order valence-corrected chi connectivity index (χ3v) is 6.87. The molecule has 2 fully saturated rings. The summed E-state index contributed by atoms with van der Waals surface area (Å²) in [6.45, 7) is 5.95. The first-order valence-corrected chi connectivity index (χ1v) is 11.2. The predicted octanol–water partition coefficient (Wildman–Crippen LogP) is 4.62. The summed E-state index contributed by atoms with van der Waals surface area (Å²) >= 11 is 5.74. The predicted molar refractivity (Wildman–Crippen MR) is 120 cm³/mol. The molecular weight excluding hydrogens is 380 g/mol. The van der Waals surface area contributed by atoms with E-state index in [0.29, 0.717) is 12.6 Å². The van der Waals surface area contributed by atoms with E-state index in [9.17, 15) is 0 Å². The molecule has 2 aromatic heterocycles. The normalized spacial score (nSPS) is 22.9. The number of rotatable bonds is 6. The van der Waals surface area contributed by atoms with Gasteiger partial charge in [-0.3, -0.25) is 4.98 Å². The average molecular weight is 413 g/mol. The number of nitrogens with one attached hydrogen (secondary N) is 1. The Bertz CT molecular complexity index is 844. The molecule has 6 heteroatoms. The van der Waals surface area contributed by atoms with E-state index in [4.69, 9.17) is 17.0 Å². The summed E-state index contributed by atoms with van der Waals surface area (Å²) in [5.41, 5.74) is 5.11. The highest BCUT2D eigenvalue weighted by Crippen LogP contribution is 2.42. The maximum absolute atomic E-state index is 5.74. The van der Waals surface area contributed by atoms with Crippen molar-refractivity contribution in [2.75, 3.05) is 20.3 Å². The molecule has 3 heterocycles. The van der Waals surface area contributed by atoms with Crippen molar-refractivity contribution in [2.45, 2.75) is 64.1 Å². The van der Waals surface area contributed by atoms with Gasteiger partial charge in [-0.2, -0.15) is 0 Å². The van der Waals surface area contributed by atoms with Crippen LogP contribution in [0.25, 0.3) is 0 Å². The summed E-state index contributed by atoms with van der Waals surface area (Å²) in [6.07, 6.45) is 8.48. The molecule has 1 saturated heterocycles. The van der Waals surface area contributed by atoms with Gasteiger partial charge in [-0.1, -0.05) is 25.3 Å². The molecule has 0 unspecified atom stereocenters. The molecule has 156 valence electrons. The van der Waals surface area contributed by atoms with Crippen LogP contribution < -0.4 is 5.32 Å². The van der Waals surface area contributed by atoms with E-state index in [0.717, 1.165) is 17.4 Å². The highest BCUT2D eigenvalue weighted by Gasteiger charge is 2.41. The van der Waals surface area contributed by atoms with Gasteiger partial charge in [-0.15, -0.1) is 0 Å². The van der Waals surface area contributed by atoms with Crippen molar-refractivity contribution in [3.63, 3.8) is 0 Å². The summed E-state index contributed by atoms with van der Waals surface area (Å²) in [6, 6.07) is 9.26. The third-order valence-electron chi connectivity index (χ3n) is 6.52. The number of thiocarbonyl (C=S) groups is 1. The van der Waals surface area contributed by atoms with E-state index in [1.54, 1.807) is 7.11 Å². The maximum Gasteiger partial charge on any atom is 0.170 e. The Morgan fingerprint density at radius 2 is 2.00 bits per heavy atom. The molecule has 4 rings (SSSR count). The van der Waals surface area contributed by atoms with Gasteiger partial charge in [0.25, 0.3) is 0 Å². The average Bonchev–Trinajstić information content (AvgIpc) is 3.23. The van der Waals surface area contributed by atoms with Crippen LogP contribution in [0.5, 0.6) is 0 Å². The van der Waals surface area contributed by atoms with Crippen LogP contribution in [0, 0.1) is 13.8 Å². The van der Waals surface area contributed by atoms with E-state index in [1.807, 2.05) is 18.3 Å². The van der Waals surface area contributed by atoms with Crippen LogP contribution in [0.3, 0.4) is 0 Å². The molecule has 2 aromatic rings. The van der Waals surface area contributed by atoms with E-state index in [-0.39, 0.29) is 12.1 Å². The lowest BCUT2D eigenvalue weighted by Gasteiger charge is -2.29. The molecule has 1 saturated carbocycles. The van der Waals surface area contributed by atoms with Gasteiger partial charge in [0.15, 0.2) is 5.11 Å². The molecule has 1 aliphatic carbocycles. The van der Waals surface area contributed by atoms with Crippen molar-refractivity contribution in [1.82, 2.24) is 19.8 Å². The topological polar surface area (TPSA) is 42.3 Å². The zero-order chi connectivity index (χ0) is 20.4. The quantitative estimate of drug-likeness (QED) is 0.701. The van der Waals surface area contributed by atoms with E-state index < -0.39 is 0 Å². The van der Waals surface area contributed by atoms with E-state index in [1.165, 1.54) is 49.1 Å². The molecule has 0 bridgehead atoms. The fourth-order valence-electron chi connectivity index (χ4n) is 5.18. The molecule has 1 aliphatic heterocycles. The van der Waals surface area contributed by atoms with Crippen LogP contribution >= 0.6 is 12.2 Å². The Balaban J connectivity index is 1.74. The molecule has 0 spiro atoms. The molecule has 1 N–H and O–H groups in total. The molecule has 2 atom stereocenters. The van der Waals surface area contributed by atoms with Gasteiger partial charge in [0.1, 0.15) is 0 Å². The standard InChI is InChI=1S/C23H32N4OS/c1-16-15-19(17(2)27(16)18-9-5-4-6-10-18)22-21(20-11-7-8-12-24-20)25-23(29)26(22)13-14-28-3/h7-8,11-12,15,18,21-22H,4-6,9-10,13-14H2,1-3H3,(H,25,29)/t21-,22+/m0/s1. The van der Waals surface area contributed by atoms with Gasteiger partial charge in [0.05, 0.1) is 24.4 Å². The summed E-state index contributed by atoms with van der Waals surface area (Å²) in [4.78, 5) is 6.93. The Hall–Kier alpha value is -1.92. The van der Waals surface area contributed by atoms with Gasteiger partial charge in [0, 0.05) is 37.3 Å². The van der Waals surface area contributed by atoms with Gasteiger partial charge < -0.3 is 19.5 Å². The zero-order valence-electron chi connectivity index (χ0n) is 17.7. The SMILES string of the molecule is COCCN1C(=S)N[C@@H](c2ccccn2)[C@H]1c1cc(C)n(C2CCCCC2)c1C. The lowest BCUT2D eigenvalue weighted by atomic mass is 9.94. The second kappa shape index (κ2) is 8.84. The van der Waals surface area contributed by atoms with Crippen LogP contribution in [0.4, 0.5) is 0 Å². The first-order valence-electron chi connectivity index (χ1n) is 10.8. The number of methoxy groups -OCH3 is 1. The minimum Gasteiger partial charge on any atom is -0.383 e. The Kier molecular flexibility index (Phi) is 6.20. The summed E-state index contributed by atoms with van der Waals surface area (Å²) < 4.78 is 7.96. The van der Waals surface area contributed by atoms with E-state index in [2.05, 4.69) is 45.7 Å². The second-order valence-corrected chi connectivity index (χ2v) is 8.69. The molecular formula is C23H32N4OS. The minimum absolute atomic E-state index is 0.0425. The van der Waals surface area contributed by atoms with Crippen LogP contribution in [0.15, 0.2) is 30.5 Å². The van der Waals surface area contributed by atoms with Crippen LogP contribution in [0.2, 0.25) is 0 Å².